The maximum absolute atomic E-state index is 12.2. The maximum atomic E-state index is 12.2. The zero-order chi connectivity index (χ0) is 19.5. The highest BCUT2D eigenvalue weighted by molar-refractivity contribution is 7.22. The van der Waals surface area contributed by atoms with Crippen LogP contribution < -0.4 is 10.2 Å². The topological polar surface area (TPSA) is 54.5 Å². The highest BCUT2D eigenvalue weighted by Crippen LogP contribution is 2.30. The molecule has 1 N–H and O–H groups in total. The SMILES string of the molecule is O=C(/C=C/c1ccc(Cl)cc1Cl)Nc1nc2ccc(N3CCOCC3)cc2s1. The van der Waals surface area contributed by atoms with Gasteiger partial charge in [0.15, 0.2) is 5.13 Å². The molecule has 28 heavy (non-hydrogen) atoms. The van der Waals surface area contributed by atoms with Gasteiger partial charge in [-0.3, -0.25) is 10.1 Å². The largest absolute Gasteiger partial charge is 0.378 e. The number of carbonyl (C=O) groups excluding carboxylic acids is 1. The van der Waals surface area contributed by atoms with Gasteiger partial charge in [0.25, 0.3) is 0 Å². The lowest BCUT2D eigenvalue weighted by molar-refractivity contribution is -0.111. The molecule has 2 heterocycles. The average molecular weight is 434 g/mol. The Morgan fingerprint density at radius 3 is 2.79 bits per heavy atom. The van der Waals surface area contributed by atoms with Crippen molar-refractivity contribution in [1.82, 2.24) is 4.98 Å². The third-order valence-corrected chi connectivity index (χ3v) is 5.85. The zero-order valence-corrected chi connectivity index (χ0v) is 17.2. The van der Waals surface area contributed by atoms with E-state index in [2.05, 4.69) is 27.3 Å². The van der Waals surface area contributed by atoms with Crippen molar-refractivity contribution >= 4 is 67.6 Å². The number of hydrogen-bond acceptors (Lipinski definition) is 5. The van der Waals surface area contributed by atoms with Crippen LogP contribution in [0.1, 0.15) is 5.56 Å². The zero-order valence-electron chi connectivity index (χ0n) is 14.8. The summed E-state index contributed by atoms with van der Waals surface area (Å²) < 4.78 is 6.44. The van der Waals surface area contributed by atoms with Crippen LogP contribution >= 0.6 is 34.5 Å². The van der Waals surface area contributed by atoms with E-state index < -0.39 is 0 Å². The van der Waals surface area contributed by atoms with Gasteiger partial charge in [-0.2, -0.15) is 0 Å². The predicted octanol–water partition coefficient (Wildman–Crippen LogP) is 5.09. The van der Waals surface area contributed by atoms with Crippen LogP contribution in [0.5, 0.6) is 0 Å². The number of carbonyl (C=O) groups is 1. The minimum absolute atomic E-state index is 0.265. The summed E-state index contributed by atoms with van der Waals surface area (Å²) >= 11 is 13.5. The number of rotatable bonds is 4. The summed E-state index contributed by atoms with van der Waals surface area (Å²) in [5, 5.41) is 4.42. The molecule has 1 aliphatic heterocycles. The average Bonchev–Trinajstić information content (AvgIpc) is 3.09. The number of nitrogens with zero attached hydrogens (tertiary/aromatic N) is 2. The smallest absolute Gasteiger partial charge is 0.250 e. The van der Waals surface area contributed by atoms with Gasteiger partial charge in [-0.1, -0.05) is 40.6 Å². The molecule has 0 radical (unpaired) electrons. The highest BCUT2D eigenvalue weighted by atomic mass is 35.5. The number of thiazole rings is 1. The number of halogens is 2. The summed E-state index contributed by atoms with van der Waals surface area (Å²) in [4.78, 5) is 19.0. The summed E-state index contributed by atoms with van der Waals surface area (Å²) in [5.74, 6) is -0.265. The van der Waals surface area contributed by atoms with Crippen LogP contribution in [0, 0.1) is 0 Å². The molecule has 8 heteroatoms. The number of hydrogen-bond donors (Lipinski definition) is 1. The van der Waals surface area contributed by atoms with Crippen LogP contribution in [0.4, 0.5) is 10.8 Å². The first-order valence-corrected chi connectivity index (χ1v) is 10.3. The van der Waals surface area contributed by atoms with Crippen LogP contribution in [0.2, 0.25) is 10.0 Å². The summed E-state index contributed by atoms with van der Waals surface area (Å²) in [6.07, 6.45) is 3.08. The van der Waals surface area contributed by atoms with E-state index in [9.17, 15) is 4.79 Å². The molecule has 5 nitrogen and oxygen atoms in total. The maximum Gasteiger partial charge on any atom is 0.250 e. The lowest BCUT2D eigenvalue weighted by atomic mass is 10.2. The Morgan fingerprint density at radius 2 is 2.00 bits per heavy atom. The van der Waals surface area contributed by atoms with Crippen molar-refractivity contribution in [2.24, 2.45) is 0 Å². The summed E-state index contributed by atoms with van der Waals surface area (Å²) in [5.41, 5.74) is 2.73. The minimum Gasteiger partial charge on any atom is -0.378 e. The molecular formula is C20H17Cl2N3O2S. The number of aromatic nitrogens is 1. The molecule has 0 bridgehead atoms. The first-order chi connectivity index (χ1) is 13.6. The molecular weight excluding hydrogens is 417 g/mol. The van der Waals surface area contributed by atoms with Gasteiger partial charge in [0.2, 0.25) is 5.91 Å². The fourth-order valence-electron chi connectivity index (χ4n) is 2.93. The van der Waals surface area contributed by atoms with Gasteiger partial charge in [-0.25, -0.2) is 4.98 Å². The van der Waals surface area contributed by atoms with Crippen LogP contribution in [0.25, 0.3) is 16.3 Å². The number of ether oxygens (including phenoxy) is 1. The lowest BCUT2D eigenvalue weighted by Gasteiger charge is -2.28. The van der Waals surface area contributed by atoms with Crippen molar-refractivity contribution in [3.05, 3.63) is 58.1 Å². The lowest BCUT2D eigenvalue weighted by Crippen LogP contribution is -2.36. The Balaban J connectivity index is 1.46. The van der Waals surface area contributed by atoms with Crippen LogP contribution in [-0.4, -0.2) is 37.2 Å². The van der Waals surface area contributed by atoms with E-state index in [4.69, 9.17) is 27.9 Å². The van der Waals surface area contributed by atoms with Crippen molar-refractivity contribution in [2.45, 2.75) is 0 Å². The van der Waals surface area contributed by atoms with E-state index in [0.29, 0.717) is 15.2 Å². The second-order valence-electron chi connectivity index (χ2n) is 6.26. The van der Waals surface area contributed by atoms with Crippen molar-refractivity contribution in [3.63, 3.8) is 0 Å². The van der Waals surface area contributed by atoms with Gasteiger partial charge < -0.3 is 9.64 Å². The molecule has 0 unspecified atom stereocenters. The molecule has 2 aromatic carbocycles. The van der Waals surface area contributed by atoms with Gasteiger partial charge in [0.1, 0.15) is 0 Å². The van der Waals surface area contributed by atoms with Crippen LogP contribution in [-0.2, 0) is 9.53 Å². The quantitative estimate of drug-likeness (QED) is 0.581. The normalized spacial score (nSPS) is 14.7. The number of morpholine rings is 1. The molecule has 1 aromatic heterocycles. The Bertz CT molecular complexity index is 1050. The van der Waals surface area contributed by atoms with Gasteiger partial charge in [0, 0.05) is 34.9 Å². The standard InChI is InChI=1S/C20H17Cl2N3O2S/c21-14-3-1-13(16(22)11-14)2-6-19(26)24-20-23-17-5-4-15(12-18(17)28-20)25-7-9-27-10-8-25/h1-6,11-12H,7-10H2,(H,23,24,26)/b6-2+. The fraction of sp³-hybridized carbons (Fsp3) is 0.200. The molecule has 1 aliphatic rings. The molecule has 1 amide bonds. The number of fused-ring (bicyclic) bond motifs is 1. The monoisotopic (exact) mass is 433 g/mol. The van der Waals surface area contributed by atoms with Crippen molar-refractivity contribution in [1.29, 1.82) is 0 Å². The summed E-state index contributed by atoms with van der Waals surface area (Å²) in [6.45, 7) is 3.25. The van der Waals surface area contributed by atoms with Crippen molar-refractivity contribution < 1.29 is 9.53 Å². The Labute approximate surface area is 176 Å². The first-order valence-electron chi connectivity index (χ1n) is 8.76. The fourth-order valence-corrected chi connectivity index (χ4v) is 4.31. The molecule has 144 valence electrons. The predicted molar refractivity (Wildman–Crippen MR) is 117 cm³/mol. The molecule has 4 rings (SSSR count). The number of amides is 1. The van der Waals surface area contributed by atoms with E-state index in [1.807, 2.05) is 6.07 Å². The van der Waals surface area contributed by atoms with Gasteiger partial charge in [-0.05, 0) is 42.0 Å². The number of benzene rings is 2. The van der Waals surface area contributed by atoms with Gasteiger partial charge in [-0.15, -0.1) is 0 Å². The second-order valence-corrected chi connectivity index (χ2v) is 8.13. The highest BCUT2D eigenvalue weighted by Gasteiger charge is 2.13. The summed E-state index contributed by atoms with van der Waals surface area (Å²) in [6, 6.07) is 11.3. The van der Waals surface area contributed by atoms with Crippen LogP contribution in [0.3, 0.4) is 0 Å². The van der Waals surface area contributed by atoms with E-state index in [-0.39, 0.29) is 5.91 Å². The Morgan fingerprint density at radius 1 is 1.18 bits per heavy atom. The van der Waals surface area contributed by atoms with E-state index in [1.165, 1.54) is 17.4 Å². The number of nitrogens with one attached hydrogen (secondary N) is 1. The summed E-state index contributed by atoms with van der Waals surface area (Å²) in [7, 11) is 0. The van der Waals surface area contributed by atoms with E-state index >= 15 is 0 Å². The molecule has 1 saturated heterocycles. The Hall–Kier alpha value is -2.12. The molecule has 3 aromatic rings. The van der Waals surface area contributed by atoms with Crippen molar-refractivity contribution in [2.75, 3.05) is 36.5 Å². The van der Waals surface area contributed by atoms with Gasteiger partial charge >= 0.3 is 0 Å². The first kappa shape index (κ1) is 19.2. The number of anilines is 2. The third kappa shape index (κ3) is 4.47. The molecule has 1 fully saturated rings. The van der Waals surface area contributed by atoms with Crippen molar-refractivity contribution in [3.8, 4) is 0 Å². The van der Waals surface area contributed by atoms with Crippen LogP contribution in [0.15, 0.2) is 42.5 Å². The van der Waals surface area contributed by atoms with Gasteiger partial charge in [0.05, 0.1) is 23.4 Å². The second kappa shape index (κ2) is 8.49. The molecule has 0 spiro atoms. The molecule has 0 aliphatic carbocycles. The van der Waals surface area contributed by atoms with E-state index in [1.54, 1.807) is 24.3 Å². The Kier molecular flexibility index (Phi) is 5.82. The molecule has 0 saturated carbocycles. The molecule has 0 atom stereocenters. The van der Waals surface area contributed by atoms with E-state index in [0.717, 1.165) is 47.8 Å². The minimum atomic E-state index is -0.265. The third-order valence-electron chi connectivity index (χ3n) is 4.36.